The van der Waals surface area contributed by atoms with E-state index in [1.165, 1.54) is 4.90 Å². The van der Waals surface area contributed by atoms with E-state index in [1.807, 2.05) is 30.3 Å². The van der Waals surface area contributed by atoms with Gasteiger partial charge in [-0.15, -0.1) is 0 Å². The summed E-state index contributed by atoms with van der Waals surface area (Å²) < 4.78 is 0. The monoisotopic (exact) mass is 274 g/mol. The minimum atomic E-state index is -1.08. The number of hydrogen-bond donors (Lipinski definition) is 2. The maximum Gasteiger partial charge on any atom is 0.321 e. The van der Waals surface area contributed by atoms with Gasteiger partial charge in [0.25, 0.3) is 0 Å². The van der Waals surface area contributed by atoms with Gasteiger partial charge in [-0.05, 0) is 5.56 Å². The first-order chi connectivity index (χ1) is 9.59. The molecule has 0 aromatic heterocycles. The zero-order chi connectivity index (χ0) is 14.3. The van der Waals surface area contributed by atoms with Crippen LogP contribution in [0.3, 0.4) is 0 Å². The van der Waals surface area contributed by atoms with Crippen LogP contribution in [0.1, 0.15) is 5.56 Å². The van der Waals surface area contributed by atoms with Crippen molar-refractivity contribution in [3.05, 3.63) is 35.9 Å². The van der Waals surface area contributed by atoms with Crippen molar-refractivity contribution in [3.63, 3.8) is 0 Å². The number of nitrogens with one attached hydrogen (secondary N) is 1. The third-order valence-corrected chi connectivity index (χ3v) is 3.93. The van der Waals surface area contributed by atoms with Crippen molar-refractivity contribution in [1.82, 2.24) is 10.2 Å². The molecule has 3 rings (SSSR count). The molecule has 0 saturated carbocycles. The molecule has 0 bridgehead atoms. The SMILES string of the molecule is O=C(O)C1NCC2C(=O)N(Cc3ccccc3)C(=O)C21. The first-order valence-electron chi connectivity index (χ1n) is 6.45. The van der Waals surface area contributed by atoms with Gasteiger partial charge < -0.3 is 10.4 Å². The Labute approximate surface area is 115 Å². The van der Waals surface area contributed by atoms with Gasteiger partial charge in [-0.3, -0.25) is 19.3 Å². The molecule has 20 heavy (non-hydrogen) atoms. The smallest absolute Gasteiger partial charge is 0.321 e. The lowest BCUT2D eigenvalue weighted by Gasteiger charge is -2.17. The molecule has 0 radical (unpaired) electrons. The molecule has 2 heterocycles. The molecule has 2 saturated heterocycles. The average Bonchev–Trinajstić information content (AvgIpc) is 2.97. The highest BCUT2D eigenvalue weighted by Crippen LogP contribution is 2.34. The van der Waals surface area contributed by atoms with Crippen molar-refractivity contribution in [2.45, 2.75) is 12.6 Å². The lowest BCUT2D eigenvalue weighted by atomic mass is 9.93. The lowest BCUT2D eigenvalue weighted by molar-refractivity contribution is -0.146. The van der Waals surface area contributed by atoms with Crippen molar-refractivity contribution in [2.75, 3.05) is 6.54 Å². The van der Waals surface area contributed by atoms with E-state index >= 15 is 0 Å². The van der Waals surface area contributed by atoms with Gasteiger partial charge in [-0.25, -0.2) is 0 Å². The van der Waals surface area contributed by atoms with E-state index in [4.69, 9.17) is 5.11 Å². The van der Waals surface area contributed by atoms with Crippen LogP contribution in [0.15, 0.2) is 30.3 Å². The highest BCUT2D eigenvalue weighted by atomic mass is 16.4. The third-order valence-electron chi connectivity index (χ3n) is 3.93. The molecule has 2 N–H and O–H groups in total. The molecular weight excluding hydrogens is 260 g/mol. The molecule has 6 nitrogen and oxygen atoms in total. The zero-order valence-electron chi connectivity index (χ0n) is 10.7. The molecule has 0 aliphatic carbocycles. The van der Waals surface area contributed by atoms with Crippen molar-refractivity contribution in [3.8, 4) is 0 Å². The van der Waals surface area contributed by atoms with E-state index in [0.29, 0.717) is 0 Å². The predicted molar refractivity (Wildman–Crippen MR) is 68.4 cm³/mol. The Kier molecular flexibility index (Phi) is 3.02. The van der Waals surface area contributed by atoms with Gasteiger partial charge in [0.05, 0.1) is 18.4 Å². The summed E-state index contributed by atoms with van der Waals surface area (Å²) in [5.74, 6) is -3.07. The predicted octanol–water partition coefficient (Wildman–Crippen LogP) is -0.156. The topological polar surface area (TPSA) is 86.7 Å². The summed E-state index contributed by atoms with van der Waals surface area (Å²) in [6.45, 7) is 0.454. The molecule has 1 aromatic carbocycles. The van der Waals surface area contributed by atoms with Gasteiger partial charge in [0.15, 0.2) is 0 Å². The number of rotatable bonds is 3. The molecule has 104 valence electrons. The zero-order valence-corrected chi connectivity index (χ0v) is 10.7. The van der Waals surface area contributed by atoms with Crippen LogP contribution in [0.4, 0.5) is 0 Å². The van der Waals surface area contributed by atoms with Crippen LogP contribution < -0.4 is 5.32 Å². The largest absolute Gasteiger partial charge is 0.480 e. The normalized spacial score (nSPS) is 28.8. The van der Waals surface area contributed by atoms with Crippen LogP contribution in [0.5, 0.6) is 0 Å². The standard InChI is InChI=1S/C14H14N2O4/c17-12-9-6-15-11(14(19)20)10(9)13(18)16(12)7-8-4-2-1-3-5-8/h1-5,9-11,15H,6-7H2,(H,19,20). The molecule has 6 heteroatoms. The molecule has 2 amide bonds. The molecule has 3 atom stereocenters. The summed E-state index contributed by atoms with van der Waals surface area (Å²) in [5.41, 5.74) is 0.856. The van der Waals surface area contributed by atoms with Gasteiger partial charge in [0.2, 0.25) is 11.8 Å². The van der Waals surface area contributed by atoms with Crippen LogP contribution in [0.2, 0.25) is 0 Å². The fourth-order valence-electron chi connectivity index (χ4n) is 2.95. The van der Waals surface area contributed by atoms with E-state index in [2.05, 4.69) is 5.32 Å². The number of fused-ring (bicyclic) bond motifs is 1. The minimum absolute atomic E-state index is 0.206. The summed E-state index contributed by atoms with van der Waals surface area (Å²) in [6.07, 6.45) is 0. The van der Waals surface area contributed by atoms with Crippen molar-refractivity contribution in [2.24, 2.45) is 11.8 Å². The number of carbonyl (C=O) groups excluding carboxylic acids is 2. The summed E-state index contributed by atoms with van der Waals surface area (Å²) in [6, 6.07) is 8.24. The van der Waals surface area contributed by atoms with Crippen LogP contribution >= 0.6 is 0 Å². The molecule has 0 spiro atoms. The molecule has 2 fully saturated rings. The maximum absolute atomic E-state index is 12.3. The number of carboxylic acid groups (broad SMARTS) is 1. The quantitative estimate of drug-likeness (QED) is 0.748. The number of nitrogens with zero attached hydrogens (tertiary/aromatic N) is 1. The summed E-state index contributed by atoms with van der Waals surface area (Å²) in [7, 11) is 0. The number of carbonyl (C=O) groups is 3. The summed E-state index contributed by atoms with van der Waals surface area (Å²) in [5, 5.41) is 11.8. The highest BCUT2D eigenvalue weighted by molar-refractivity contribution is 6.07. The number of likely N-dealkylation sites (tertiary alicyclic amines) is 1. The summed E-state index contributed by atoms with van der Waals surface area (Å²) in [4.78, 5) is 36.9. The second kappa shape index (κ2) is 4.72. The number of imide groups is 1. The maximum atomic E-state index is 12.3. The van der Waals surface area contributed by atoms with E-state index in [0.717, 1.165) is 5.56 Å². The Hall–Kier alpha value is -2.21. The Morgan fingerprint density at radius 2 is 1.95 bits per heavy atom. The highest BCUT2D eigenvalue weighted by Gasteiger charge is 2.56. The number of amides is 2. The summed E-state index contributed by atoms with van der Waals surface area (Å²) >= 11 is 0. The van der Waals surface area contributed by atoms with Crippen LogP contribution in [0, 0.1) is 11.8 Å². The van der Waals surface area contributed by atoms with Crippen LogP contribution in [0.25, 0.3) is 0 Å². The average molecular weight is 274 g/mol. The Morgan fingerprint density at radius 1 is 1.25 bits per heavy atom. The van der Waals surface area contributed by atoms with Crippen LogP contribution in [-0.4, -0.2) is 40.4 Å². The van der Waals surface area contributed by atoms with Crippen molar-refractivity contribution in [1.29, 1.82) is 0 Å². The first kappa shape index (κ1) is 12.8. The van der Waals surface area contributed by atoms with E-state index in [9.17, 15) is 14.4 Å². The first-order valence-corrected chi connectivity index (χ1v) is 6.45. The fraction of sp³-hybridized carbons (Fsp3) is 0.357. The Morgan fingerprint density at radius 3 is 2.60 bits per heavy atom. The van der Waals surface area contributed by atoms with Gasteiger partial charge >= 0.3 is 5.97 Å². The number of carboxylic acids is 1. The van der Waals surface area contributed by atoms with Gasteiger partial charge in [-0.2, -0.15) is 0 Å². The fourth-order valence-corrected chi connectivity index (χ4v) is 2.95. The number of aliphatic carboxylic acids is 1. The molecular formula is C14H14N2O4. The second-order valence-electron chi connectivity index (χ2n) is 5.10. The lowest BCUT2D eigenvalue weighted by Crippen LogP contribution is -2.42. The van der Waals surface area contributed by atoms with Gasteiger partial charge in [0, 0.05) is 6.54 Å². The number of hydrogen-bond acceptors (Lipinski definition) is 4. The minimum Gasteiger partial charge on any atom is -0.480 e. The van der Waals surface area contributed by atoms with E-state index < -0.39 is 23.8 Å². The van der Waals surface area contributed by atoms with Crippen molar-refractivity contribution >= 4 is 17.8 Å². The van der Waals surface area contributed by atoms with E-state index in [1.54, 1.807) is 0 Å². The van der Waals surface area contributed by atoms with Crippen molar-refractivity contribution < 1.29 is 19.5 Å². The third kappa shape index (κ3) is 1.89. The molecule has 1 aromatic rings. The molecule has 3 unspecified atom stereocenters. The van der Waals surface area contributed by atoms with E-state index in [-0.39, 0.29) is 24.9 Å². The molecule has 2 aliphatic rings. The Bertz CT molecular complexity index is 572. The van der Waals surface area contributed by atoms with Gasteiger partial charge in [0.1, 0.15) is 6.04 Å². The second-order valence-corrected chi connectivity index (χ2v) is 5.10. The Balaban J connectivity index is 1.83. The number of benzene rings is 1. The van der Waals surface area contributed by atoms with Crippen LogP contribution in [-0.2, 0) is 20.9 Å². The molecule has 2 aliphatic heterocycles. The van der Waals surface area contributed by atoms with Gasteiger partial charge in [-0.1, -0.05) is 30.3 Å².